The second-order valence-corrected chi connectivity index (χ2v) is 5.65. The fourth-order valence-electron chi connectivity index (χ4n) is 3.01. The maximum atomic E-state index is 12.5. The molecule has 0 aromatic heterocycles. The van der Waals surface area contributed by atoms with Crippen LogP contribution in [0.4, 0.5) is 5.69 Å². The van der Waals surface area contributed by atoms with E-state index in [2.05, 4.69) is 5.43 Å². The van der Waals surface area contributed by atoms with E-state index in [0.717, 1.165) is 38.0 Å². The van der Waals surface area contributed by atoms with Crippen LogP contribution in [0, 0.1) is 0 Å². The molecular formula is C16H21N3O2. The summed E-state index contributed by atoms with van der Waals surface area (Å²) in [6.45, 7) is 2.50. The van der Waals surface area contributed by atoms with E-state index in [1.807, 2.05) is 23.2 Å². The molecule has 0 spiro atoms. The molecule has 2 fully saturated rings. The van der Waals surface area contributed by atoms with Gasteiger partial charge in [0.1, 0.15) is 0 Å². The van der Waals surface area contributed by atoms with Crippen molar-refractivity contribution in [3.8, 4) is 0 Å². The number of nitrogens with zero attached hydrogens (tertiary/aromatic N) is 2. The highest BCUT2D eigenvalue weighted by Gasteiger charge is 2.26. The van der Waals surface area contributed by atoms with E-state index in [-0.39, 0.29) is 11.8 Å². The van der Waals surface area contributed by atoms with E-state index in [1.54, 1.807) is 11.0 Å². The predicted octanol–water partition coefficient (Wildman–Crippen LogP) is 1.94. The van der Waals surface area contributed by atoms with E-state index >= 15 is 0 Å². The zero-order chi connectivity index (χ0) is 14.7. The minimum atomic E-state index is -0.118. The molecule has 0 aliphatic carbocycles. The highest BCUT2D eigenvalue weighted by atomic mass is 16.2. The van der Waals surface area contributed by atoms with Gasteiger partial charge in [0.05, 0.1) is 11.3 Å². The fourth-order valence-corrected chi connectivity index (χ4v) is 3.01. The van der Waals surface area contributed by atoms with Crippen molar-refractivity contribution in [3.63, 3.8) is 0 Å². The average molecular weight is 287 g/mol. The Labute approximate surface area is 124 Å². The molecule has 0 bridgehead atoms. The third-order valence-corrected chi connectivity index (χ3v) is 4.13. The molecule has 112 valence electrons. The maximum Gasteiger partial charge on any atom is 0.267 e. The van der Waals surface area contributed by atoms with Crippen molar-refractivity contribution in [2.45, 2.75) is 32.1 Å². The molecule has 1 aromatic carbocycles. The highest BCUT2D eigenvalue weighted by molar-refractivity contribution is 6.05. The zero-order valence-corrected chi connectivity index (χ0v) is 12.2. The van der Waals surface area contributed by atoms with Gasteiger partial charge in [-0.25, -0.2) is 5.01 Å². The van der Waals surface area contributed by atoms with Crippen molar-refractivity contribution < 1.29 is 9.59 Å². The molecule has 0 radical (unpaired) electrons. The molecule has 3 rings (SSSR count). The van der Waals surface area contributed by atoms with Crippen molar-refractivity contribution in [2.75, 3.05) is 24.5 Å². The van der Waals surface area contributed by atoms with Gasteiger partial charge in [0, 0.05) is 26.1 Å². The molecule has 2 amide bonds. The van der Waals surface area contributed by atoms with Crippen LogP contribution in [-0.2, 0) is 4.79 Å². The fraction of sp³-hybridized carbons (Fsp3) is 0.500. The largest absolute Gasteiger partial charge is 0.312 e. The van der Waals surface area contributed by atoms with Crippen LogP contribution < -0.4 is 10.3 Å². The van der Waals surface area contributed by atoms with Crippen LogP contribution >= 0.6 is 0 Å². The number of anilines is 1. The number of benzene rings is 1. The summed E-state index contributed by atoms with van der Waals surface area (Å²) >= 11 is 0. The Morgan fingerprint density at radius 1 is 1.00 bits per heavy atom. The van der Waals surface area contributed by atoms with E-state index in [4.69, 9.17) is 0 Å². The van der Waals surface area contributed by atoms with Gasteiger partial charge in [-0.05, 0) is 31.4 Å². The minimum Gasteiger partial charge on any atom is -0.312 e. The van der Waals surface area contributed by atoms with Gasteiger partial charge in [-0.1, -0.05) is 18.6 Å². The third-order valence-electron chi connectivity index (χ3n) is 4.13. The van der Waals surface area contributed by atoms with Crippen LogP contribution in [0.3, 0.4) is 0 Å². The molecule has 2 heterocycles. The third kappa shape index (κ3) is 3.08. The second-order valence-electron chi connectivity index (χ2n) is 5.65. The summed E-state index contributed by atoms with van der Waals surface area (Å²) in [5.41, 5.74) is 4.28. The standard InChI is InChI=1S/C16H21N3O2/c20-15-9-6-12-19(15)14-8-3-2-7-13(14)16(21)17-18-10-4-1-5-11-18/h2-3,7-8H,1,4-6,9-12H2,(H,17,21). The monoisotopic (exact) mass is 287 g/mol. The van der Waals surface area contributed by atoms with Crippen molar-refractivity contribution in [3.05, 3.63) is 29.8 Å². The highest BCUT2D eigenvalue weighted by Crippen LogP contribution is 2.25. The minimum absolute atomic E-state index is 0.105. The number of hydrogen-bond donors (Lipinski definition) is 1. The number of hydrogen-bond acceptors (Lipinski definition) is 3. The van der Waals surface area contributed by atoms with Crippen LogP contribution in [0.1, 0.15) is 42.5 Å². The molecule has 1 aromatic rings. The van der Waals surface area contributed by atoms with Crippen molar-refractivity contribution in [1.29, 1.82) is 0 Å². The van der Waals surface area contributed by atoms with Gasteiger partial charge in [0.15, 0.2) is 0 Å². The van der Waals surface area contributed by atoms with Crippen molar-refractivity contribution in [1.82, 2.24) is 10.4 Å². The first-order chi connectivity index (χ1) is 10.3. The molecule has 21 heavy (non-hydrogen) atoms. The predicted molar refractivity (Wildman–Crippen MR) is 80.9 cm³/mol. The van der Waals surface area contributed by atoms with Crippen LogP contribution in [0.2, 0.25) is 0 Å². The SMILES string of the molecule is O=C(NN1CCCCC1)c1ccccc1N1CCCC1=O. The molecule has 5 heteroatoms. The zero-order valence-electron chi connectivity index (χ0n) is 12.2. The Balaban J connectivity index is 1.77. The molecule has 5 nitrogen and oxygen atoms in total. The summed E-state index contributed by atoms with van der Waals surface area (Å²) < 4.78 is 0. The Morgan fingerprint density at radius 3 is 2.48 bits per heavy atom. The van der Waals surface area contributed by atoms with E-state index in [0.29, 0.717) is 18.5 Å². The van der Waals surface area contributed by atoms with Gasteiger partial charge in [-0.3, -0.25) is 15.0 Å². The smallest absolute Gasteiger partial charge is 0.267 e. The summed E-state index contributed by atoms with van der Waals surface area (Å²) in [7, 11) is 0. The van der Waals surface area contributed by atoms with E-state index < -0.39 is 0 Å². The summed E-state index contributed by atoms with van der Waals surface area (Å²) in [6, 6.07) is 7.36. The maximum absolute atomic E-state index is 12.5. The van der Waals surface area contributed by atoms with Gasteiger partial charge in [0.2, 0.25) is 5.91 Å². The molecule has 2 saturated heterocycles. The Morgan fingerprint density at radius 2 is 1.76 bits per heavy atom. The number of carbonyl (C=O) groups excluding carboxylic acids is 2. The van der Waals surface area contributed by atoms with E-state index in [1.165, 1.54) is 6.42 Å². The number of hydrazine groups is 1. The van der Waals surface area contributed by atoms with Gasteiger partial charge < -0.3 is 4.90 Å². The first-order valence-corrected chi connectivity index (χ1v) is 7.71. The Hall–Kier alpha value is -1.88. The number of carbonyl (C=O) groups is 2. The molecule has 0 saturated carbocycles. The summed E-state index contributed by atoms with van der Waals surface area (Å²) in [5.74, 6) is -0.0135. The lowest BCUT2D eigenvalue weighted by Gasteiger charge is -2.27. The first kappa shape index (κ1) is 14.1. The Kier molecular flexibility index (Phi) is 4.20. The number of para-hydroxylation sites is 1. The topological polar surface area (TPSA) is 52.7 Å². The first-order valence-electron chi connectivity index (χ1n) is 7.71. The van der Waals surface area contributed by atoms with Crippen molar-refractivity contribution in [2.24, 2.45) is 0 Å². The quantitative estimate of drug-likeness (QED) is 0.924. The lowest BCUT2D eigenvalue weighted by Crippen LogP contribution is -2.45. The summed E-state index contributed by atoms with van der Waals surface area (Å²) in [4.78, 5) is 26.2. The van der Waals surface area contributed by atoms with Crippen molar-refractivity contribution >= 4 is 17.5 Å². The number of nitrogens with one attached hydrogen (secondary N) is 1. The van der Waals surface area contributed by atoms with Crippen LogP contribution in [0.25, 0.3) is 0 Å². The second kappa shape index (κ2) is 6.26. The number of rotatable bonds is 3. The molecule has 0 unspecified atom stereocenters. The van der Waals surface area contributed by atoms with Gasteiger partial charge >= 0.3 is 0 Å². The number of amides is 2. The Bertz CT molecular complexity index is 538. The summed E-state index contributed by atoms with van der Waals surface area (Å²) in [5, 5.41) is 1.98. The molecule has 0 atom stereocenters. The normalized spacial score (nSPS) is 19.8. The van der Waals surface area contributed by atoms with Gasteiger partial charge in [0.25, 0.3) is 5.91 Å². The van der Waals surface area contributed by atoms with E-state index in [9.17, 15) is 9.59 Å². The number of piperidine rings is 1. The molecule has 1 N–H and O–H groups in total. The lowest BCUT2D eigenvalue weighted by atomic mass is 10.1. The van der Waals surface area contributed by atoms with Crippen LogP contribution in [0.15, 0.2) is 24.3 Å². The van der Waals surface area contributed by atoms with Crippen LogP contribution in [0.5, 0.6) is 0 Å². The van der Waals surface area contributed by atoms with Gasteiger partial charge in [-0.2, -0.15) is 0 Å². The molecular weight excluding hydrogens is 266 g/mol. The van der Waals surface area contributed by atoms with Gasteiger partial charge in [-0.15, -0.1) is 0 Å². The molecule has 2 aliphatic heterocycles. The average Bonchev–Trinajstić information content (AvgIpc) is 2.94. The summed E-state index contributed by atoms with van der Waals surface area (Å²) in [6.07, 6.45) is 4.90. The lowest BCUT2D eigenvalue weighted by molar-refractivity contribution is -0.117. The molecule has 2 aliphatic rings. The van der Waals surface area contributed by atoms with Crippen LogP contribution in [-0.4, -0.2) is 36.5 Å².